The van der Waals surface area contributed by atoms with Gasteiger partial charge in [0.25, 0.3) is 5.91 Å². The fraction of sp³-hybridized carbons (Fsp3) is 0.833. The van der Waals surface area contributed by atoms with E-state index in [1.165, 1.54) is 4.90 Å². The minimum absolute atomic E-state index is 0.0258. The number of rotatable bonds is 5. The monoisotopic (exact) mass is 397 g/mol. The van der Waals surface area contributed by atoms with E-state index in [-0.39, 0.29) is 30.7 Å². The van der Waals surface area contributed by atoms with Crippen molar-refractivity contribution in [3.05, 3.63) is 0 Å². The van der Waals surface area contributed by atoms with E-state index in [2.05, 4.69) is 0 Å². The summed E-state index contributed by atoms with van der Waals surface area (Å²) >= 11 is 0. The van der Waals surface area contributed by atoms with Crippen molar-refractivity contribution in [3.8, 4) is 6.19 Å². The van der Waals surface area contributed by atoms with E-state index in [0.717, 1.165) is 30.6 Å². The van der Waals surface area contributed by atoms with Gasteiger partial charge in [-0.25, -0.2) is 18.1 Å². The highest BCUT2D eigenvalue weighted by atomic mass is 32.2. The van der Waals surface area contributed by atoms with Gasteiger partial charge in [-0.2, -0.15) is 5.26 Å². The first-order valence-electron chi connectivity index (χ1n) is 9.46. The molecule has 2 amide bonds. The molecule has 0 bridgehead atoms. The molecule has 1 heterocycles. The molecule has 0 aromatic rings. The Bertz CT molecular complexity index is 759. The third kappa shape index (κ3) is 4.72. The number of carbonyl (C=O) groups is 2. The van der Waals surface area contributed by atoms with Gasteiger partial charge in [-0.3, -0.25) is 9.69 Å². The topological polar surface area (TPSA) is 108 Å². The molecule has 0 spiro atoms. The lowest BCUT2D eigenvalue weighted by atomic mass is 10.2. The predicted octanol–water partition coefficient (Wildman–Crippen LogP) is 1.66. The summed E-state index contributed by atoms with van der Waals surface area (Å²) < 4.78 is 30.8. The molecule has 8 nitrogen and oxygen atoms in total. The average Bonchev–Trinajstić information content (AvgIpc) is 3.46. The van der Waals surface area contributed by atoms with E-state index in [1.807, 2.05) is 6.19 Å². The van der Waals surface area contributed by atoms with Gasteiger partial charge in [-0.05, 0) is 58.8 Å². The summed E-state index contributed by atoms with van der Waals surface area (Å²) in [7, 11) is -3.41. The zero-order chi connectivity index (χ0) is 20.0. The van der Waals surface area contributed by atoms with Crippen LogP contribution in [0.25, 0.3) is 0 Å². The molecular formula is C18H27N3O5S. The largest absolute Gasteiger partial charge is 0.444 e. The Morgan fingerprint density at radius 2 is 1.85 bits per heavy atom. The van der Waals surface area contributed by atoms with Crippen molar-refractivity contribution in [2.24, 2.45) is 5.92 Å². The van der Waals surface area contributed by atoms with E-state index in [4.69, 9.17) is 4.74 Å². The maximum Gasteiger partial charge on any atom is 0.411 e. The zero-order valence-corrected chi connectivity index (χ0v) is 16.9. The quantitative estimate of drug-likeness (QED) is 0.516. The number of hydrogen-bond acceptors (Lipinski definition) is 6. The Morgan fingerprint density at radius 3 is 2.33 bits per heavy atom. The highest BCUT2D eigenvalue weighted by Crippen LogP contribution is 2.35. The molecule has 3 aliphatic rings. The van der Waals surface area contributed by atoms with E-state index in [9.17, 15) is 23.3 Å². The molecule has 27 heavy (non-hydrogen) atoms. The molecule has 0 aromatic heterocycles. The first-order chi connectivity index (χ1) is 12.5. The molecule has 1 saturated heterocycles. The number of nitriles is 1. The van der Waals surface area contributed by atoms with Gasteiger partial charge in [-0.1, -0.05) is 0 Å². The SMILES string of the molecule is CC(C)(C)OC(=O)N1C[C@H](S(=O)(=O)CC2CC2)C[C@H]1C(=O)N(C#N)C1CC1. The molecule has 0 aromatic carbocycles. The van der Waals surface area contributed by atoms with Crippen molar-refractivity contribution in [1.29, 1.82) is 5.26 Å². The van der Waals surface area contributed by atoms with Crippen molar-refractivity contribution < 1.29 is 22.7 Å². The summed E-state index contributed by atoms with van der Waals surface area (Å²) in [5.41, 5.74) is -0.763. The smallest absolute Gasteiger partial charge is 0.411 e. The van der Waals surface area contributed by atoms with Crippen molar-refractivity contribution in [1.82, 2.24) is 9.80 Å². The predicted molar refractivity (Wildman–Crippen MR) is 97.1 cm³/mol. The van der Waals surface area contributed by atoms with Gasteiger partial charge in [0.1, 0.15) is 11.6 Å². The molecular weight excluding hydrogens is 370 g/mol. The van der Waals surface area contributed by atoms with Gasteiger partial charge in [0.05, 0.1) is 11.0 Å². The van der Waals surface area contributed by atoms with Crippen molar-refractivity contribution in [2.75, 3.05) is 12.3 Å². The molecule has 1 aliphatic heterocycles. The van der Waals surface area contributed by atoms with Crippen LogP contribution in [0.4, 0.5) is 4.79 Å². The first-order valence-corrected chi connectivity index (χ1v) is 11.2. The van der Waals surface area contributed by atoms with Crippen molar-refractivity contribution >= 4 is 21.8 Å². The molecule has 2 atom stereocenters. The van der Waals surface area contributed by atoms with Crippen LogP contribution >= 0.6 is 0 Å². The van der Waals surface area contributed by atoms with Gasteiger partial charge < -0.3 is 4.74 Å². The number of amides is 2. The van der Waals surface area contributed by atoms with Gasteiger partial charge in [0.15, 0.2) is 16.0 Å². The second-order valence-corrected chi connectivity index (χ2v) is 11.1. The Labute approximate surface area is 160 Å². The number of hydrogen-bond donors (Lipinski definition) is 0. The number of carbonyl (C=O) groups excluding carboxylic acids is 2. The Morgan fingerprint density at radius 1 is 1.22 bits per heavy atom. The molecule has 2 saturated carbocycles. The second-order valence-electron chi connectivity index (χ2n) is 8.82. The van der Waals surface area contributed by atoms with Gasteiger partial charge in [0.2, 0.25) is 0 Å². The molecule has 0 radical (unpaired) electrons. The fourth-order valence-corrected chi connectivity index (χ4v) is 5.49. The van der Waals surface area contributed by atoms with Crippen LogP contribution in [-0.2, 0) is 19.4 Å². The van der Waals surface area contributed by atoms with Crippen molar-refractivity contribution in [2.45, 2.75) is 75.8 Å². The highest BCUT2D eigenvalue weighted by molar-refractivity contribution is 7.92. The molecule has 0 unspecified atom stereocenters. The first kappa shape index (κ1) is 19.9. The van der Waals surface area contributed by atoms with Crippen LogP contribution in [0.3, 0.4) is 0 Å². The molecule has 3 fully saturated rings. The normalized spacial score (nSPS) is 25.8. The lowest BCUT2D eigenvalue weighted by molar-refractivity contribution is -0.133. The third-order valence-corrected chi connectivity index (χ3v) is 7.40. The lowest BCUT2D eigenvalue weighted by Gasteiger charge is -2.29. The molecule has 3 rings (SSSR count). The van der Waals surface area contributed by atoms with E-state index in [0.29, 0.717) is 0 Å². The van der Waals surface area contributed by atoms with Gasteiger partial charge >= 0.3 is 6.09 Å². The highest BCUT2D eigenvalue weighted by Gasteiger charge is 2.49. The Kier molecular flexibility index (Phi) is 5.14. The average molecular weight is 397 g/mol. The van der Waals surface area contributed by atoms with Crippen LogP contribution < -0.4 is 0 Å². The van der Waals surface area contributed by atoms with Crippen molar-refractivity contribution in [3.63, 3.8) is 0 Å². The summed E-state index contributed by atoms with van der Waals surface area (Å²) in [6.45, 7) is 5.07. The van der Waals surface area contributed by atoms with Crippen LogP contribution in [0.15, 0.2) is 0 Å². The lowest BCUT2D eigenvalue weighted by Crippen LogP contribution is -2.48. The third-order valence-electron chi connectivity index (χ3n) is 5.11. The standard InChI is InChI=1S/C18H27N3O5S/c1-18(2,3)26-17(23)20-9-14(27(24,25)10-12-4-5-12)8-15(20)16(22)21(11-19)13-6-7-13/h12-15H,4-10H2,1-3H3/t14-,15+/m1/s1. The summed E-state index contributed by atoms with van der Waals surface area (Å²) in [5, 5.41) is 8.54. The van der Waals surface area contributed by atoms with Crippen LogP contribution in [0.1, 0.15) is 52.9 Å². The Balaban J connectivity index is 1.81. The summed E-state index contributed by atoms with van der Waals surface area (Å²) in [6.07, 6.45) is 4.54. The van der Waals surface area contributed by atoms with Gasteiger partial charge in [-0.15, -0.1) is 0 Å². The summed E-state index contributed by atoms with van der Waals surface area (Å²) in [5.74, 6) is -0.206. The van der Waals surface area contributed by atoms with Crippen LogP contribution in [0.5, 0.6) is 0 Å². The van der Waals surface area contributed by atoms with E-state index >= 15 is 0 Å². The zero-order valence-electron chi connectivity index (χ0n) is 16.1. The summed E-state index contributed by atoms with van der Waals surface area (Å²) in [6, 6.07) is -1.11. The number of likely N-dealkylation sites (tertiary alicyclic amines) is 1. The van der Waals surface area contributed by atoms with E-state index in [1.54, 1.807) is 20.8 Å². The van der Waals surface area contributed by atoms with Crippen LogP contribution in [0, 0.1) is 17.4 Å². The van der Waals surface area contributed by atoms with Crippen LogP contribution in [0.2, 0.25) is 0 Å². The second kappa shape index (κ2) is 6.97. The van der Waals surface area contributed by atoms with Crippen LogP contribution in [-0.4, -0.2) is 65.5 Å². The Hall–Kier alpha value is -1.82. The number of nitrogens with zero attached hydrogens (tertiary/aromatic N) is 3. The molecule has 9 heteroatoms. The number of sulfone groups is 1. The molecule has 2 aliphatic carbocycles. The minimum Gasteiger partial charge on any atom is -0.444 e. The maximum atomic E-state index is 12.9. The fourth-order valence-electron chi connectivity index (χ4n) is 3.37. The summed E-state index contributed by atoms with van der Waals surface area (Å²) in [4.78, 5) is 27.8. The molecule has 0 N–H and O–H groups in total. The molecule has 150 valence electrons. The number of ether oxygens (including phenoxy) is 1. The minimum atomic E-state index is -3.41. The van der Waals surface area contributed by atoms with Gasteiger partial charge in [0, 0.05) is 12.6 Å². The van der Waals surface area contributed by atoms with E-state index < -0.39 is 38.7 Å². The maximum absolute atomic E-state index is 12.9.